The summed E-state index contributed by atoms with van der Waals surface area (Å²) in [6.07, 6.45) is 0.123. The smallest absolute Gasteiger partial charge is 0.320 e. The minimum atomic E-state index is -1.11. The number of aliphatic carboxylic acids is 1. The molecule has 0 aliphatic rings. The minimum Gasteiger partial charge on any atom is -0.491 e. The molecule has 23 heavy (non-hydrogen) atoms. The molecule has 0 saturated heterocycles. The maximum Gasteiger partial charge on any atom is 0.320 e. The van der Waals surface area contributed by atoms with Crippen molar-refractivity contribution in [3.8, 4) is 5.75 Å². The zero-order valence-electron chi connectivity index (χ0n) is 13.9. The van der Waals surface area contributed by atoms with Crippen LogP contribution in [0.5, 0.6) is 5.75 Å². The van der Waals surface area contributed by atoms with Crippen LogP contribution in [0, 0.1) is 13.8 Å². The van der Waals surface area contributed by atoms with Crippen LogP contribution in [0.1, 0.15) is 30.9 Å². The molecule has 2 atom stereocenters. The molecule has 0 bridgehead atoms. The maximum atomic E-state index is 10.1. The van der Waals surface area contributed by atoms with Crippen LogP contribution >= 0.6 is 0 Å². The van der Waals surface area contributed by atoms with Crippen molar-refractivity contribution in [2.24, 2.45) is 17.2 Å². The van der Waals surface area contributed by atoms with Gasteiger partial charge in [0, 0.05) is 12.5 Å². The second-order valence-electron chi connectivity index (χ2n) is 5.46. The van der Waals surface area contributed by atoms with Gasteiger partial charge in [0.2, 0.25) is 5.91 Å². The molecule has 1 aromatic carbocycles. The van der Waals surface area contributed by atoms with E-state index < -0.39 is 17.9 Å². The summed E-state index contributed by atoms with van der Waals surface area (Å²) in [7, 11) is 0. The summed E-state index contributed by atoms with van der Waals surface area (Å²) < 4.78 is 5.60. The Kier molecular flexibility index (Phi) is 9.60. The Balaban J connectivity index is 0.000000438. The second-order valence-corrected chi connectivity index (χ2v) is 5.46. The van der Waals surface area contributed by atoms with Crippen LogP contribution < -0.4 is 21.9 Å². The highest BCUT2D eigenvalue weighted by molar-refractivity contribution is 5.76. The van der Waals surface area contributed by atoms with Gasteiger partial charge in [0.1, 0.15) is 18.4 Å². The van der Waals surface area contributed by atoms with Gasteiger partial charge in [-0.3, -0.25) is 9.59 Å². The fourth-order valence-electron chi connectivity index (χ4n) is 1.66. The van der Waals surface area contributed by atoms with Gasteiger partial charge in [-0.15, -0.1) is 0 Å². The van der Waals surface area contributed by atoms with E-state index in [-0.39, 0.29) is 18.9 Å². The molecule has 0 heterocycles. The summed E-state index contributed by atoms with van der Waals surface area (Å²) in [5.74, 6) is -0.669. The van der Waals surface area contributed by atoms with Crippen LogP contribution in [0.15, 0.2) is 18.2 Å². The predicted molar refractivity (Wildman–Crippen MR) is 89.1 cm³/mol. The topological polar surface area (TPSA) is 142 Å². The molecule has 0 aliphatic heterocycles. The highest BCUT2D eigenvalue weighted by Gasteiger charge is 2.11. The van der Waals surface area contributed by atoms with Gasteiger partial charge < -0.3 is 27.0 Å². The number of carboxylic acid groups (broad SMARTS) is 1. The largest absolute Gasteiger partial charge is 0.491 e. The predicted octanol–water partition coefficient (Wildman–Crippen LogP) is 0.693. The Bertz CT molecular complexity index is 498. The van der Waals surface area contributed by atoms with E-state index in [9.17, 15) is 9.59 Å². The average molecular weight is 325 g/mol. The van der Waals surface area contributed by atoms with E-state index in [0.29, 0.717) is 6.61 Å². The van der Waals surface area contributed by atoms with Gasteiger partial charge in [0.25, 0.3) is 0 Å². The number of rotatable bonds is 7. The third kappa shape index (κ3) is 9.49. The van der Waals surface area contributed by atoms with Gasteiger partial charge in [-0.25, -0.2) is 0 Å². The summed E-state index contributed by atoms with van der Waals surface area (Å²) in [5, 5.41) is 8.22. The van der Waals surface area contributed by atoms with Crippen LogP contribution in [0.25, 0.3) is 0 Å². The summed E-state index contributed by atoms with van der Waals surface area (Å²) >= 11 is 0. The van der Waals surface area contributed by atoms with Crippen LogP contribution in [-0.4, -0.2) is 35.7 Å². The standard InChI is InChI=1S/C11H17NO.C5H10N2O3/c1-8-5-4-6-9(2)11(8)13-7-10(3)12;6-3(5(9)10)1-2-4(7)8/h4-6,10H,7,12H2,1-3H3;3H,1-2,6H2,(H2,7,8)(H,9,10). The Morgan fingerprint density at radius 3 is 2.13 bits per heavy atom. The van der Waals surface area contributed by atoms with E-state index in [1.165, 1.54) is 11.1 Å². The zero-order valence-corrected chi connectivity index (χ0v) is 13.9. The molecule has 1 rings (SSSR count). The van der Waals surface area contributed by atoms with Gasteiger partial charge in [-0.05, 0) is 38.3 Å². The van der Waals surface area contributed by atoms with Crippen LogP contribution in [0.4, 0.5) is 0 Å². The van der Waals surface area contributed by atoms with Gasteiger partial charge in [0.15, 0.2) is 0 Å². The van der Waals surface area contributed by atoms with E-state index in [1.807, 2.05) is 39.0 Å². The van der Waals surface area contributed by atoms with Gasteiger partial charge in [0.05, 0.1) is 0 Å². The molecule has 0 aromatic heterocycles. The number of amides is 1. The quantitative estimate of drug-likeness (QED) is 0.581. The van der Waals surface area contributed by atoms with E-state index >= 15 is 0 Å². The monoisotopic (exact) mass is 325 g/mol. The first-order valence-corrected chi connectivity index (χ1v) is 7.36. The molecular weight excluding hydrogens is 298 g/mol. The number of ether oxygens (including phenoxy) is 1. The van der Waals surface area contributed by atoms with E-state index in [0.717, 1.165) is 5.75 Å². The SMILES string of the molecule is Cc1cccc(C)c1OCC(C)N.NC(=O)CCC(N)C(=O)O. The number of hydrogen-bond donors (Lipinski definition) is 4. The summed E-state index contributed by atoms with van der Waals surface area (Å²) in [6, 6.07) is 5.22. The fraction of sp³-hybridized carbons (Fsp3) is 0.500. The summed E-state index contributed by atoms with van der Waals surface area (Å²) in [4.78, 5) is 20.1. The number of carbonyl (C=O) groups excluding carboxylic acids is 1. The number of nitrogens with two attached hydrogens (primary N) is 3. The van der Waals surface area contributed by atoms with Gasteiger partial charge in [-0.2, -0.15) is 0 Å². The van der Waals surface area contributed by atoms with Crippen LogP contribution in [0.2, 0.25) is 0 Å². The molecule has 1 amide bonds. The fourth-order valence-corrected chi connectivity index (χ4v) is 1.66. The summed E-state index contributed by atoms with van der Waals surface area (Å²) in [6.45, 7) is 6.60. The molecule has 0 spiro atoms. The van der Waals surface area contributed by atoms with Gasteiger partial charge >= 0.3 is 5.97 Å². The lowest BCUT2D eigenvalue weighted by Gasteiger charge is -2.13. The maximum absolute atomic E-state index is 10.1. The Morgan fingerprint density at radius 1 is 1.22 bits per heavy atom. The molecule has 0 radical (unpaired) electrons. The number of aryl methyl sites for hydroxylation is 2. The lowest BCUT2D eigenvalue weighted by Crippen LogP contribution is -2.31. The van der Waals surface area contributed by atoms with Crippen molar-refractivity contribution in [2.45, 2.75) is 45.7 Å². The first kappa shape index (κ1) is 20.9. The Morgan fingerprint density at radius 2 is 1.74 bits per heavy atom. The molecule has 7 heteroatoms. The first-order chi connectivity index (χ1) is 10.6. The van der Waals surface area contributed by atoms with Crippen molar-refractivity contribution in [1.29, 1.82) is 0 Å². The number of carbonyl (C=O) groups is 2. The molecule has 7 N–H and O–H groups in total. The minimum absolute atomic E-state index is 0.0213. The van der Waals surface area contributed by atoms with Crippen molar-refractivity contribution in [2.75, 3.05) is 6.61 Å². The highest BCUT2D eigenvalue weighted by atomic mass is 16.5. The normalized spacial score (nSPS) is 12.6. The molecule has 7 nitrogen and oxygen atoms in total. The molecular formula is C16H27N3O4. The third-order valence-electron chi connectivity index (χ3n) is 2.92. The van der Waals surface area contributed by atoms with E-state index in [1.54, 1.807) is 0 Å². The first-order valence-electron chi connectivity index (χ1n) is 7.36. The molecule has 1 aromatic rings. The molecule has 2 unspecified atom stereocenters. The number of hydrogen-bond acceptors (Lipinski definition) is 5. The van der Waals surface area contributed by atoms with Crippen LogP contribution in [0.3, 0.4) is 0 Å². The lowest BCUT2D eigenvalue weighted by molar-refractivity contribution is -0.138. The molecule has 130 valence electrons. The number of carboxylic acids is 1. The van der Waals surface area contributed by atoms with E-state index in [4.69, 9.17) is 27.0 Å². The second kappa shape index (κ2) is 10.6. The van der Waals surface area contributed by atoms with Crippen molar-refractivity contribution in [3.63, 3.8) is 0 Å². The van der Waals surface area contributed by atoms with Crippen molar-refractivity contribution in [1.82, 2.24) is 0 Å². The average Bonchev–Trinajstić information content (AvgIpc) is 2.44. The van der Waals surface area contributed by atoms with Gasteiger partial charge in [-0.1, -0.05) is 18.2 Å². The number of primary amides is 1. The Hall–Kier alpha value is -2.12. The van der Waals surface area contributed by atoms with Crippen LogP contribution in [-0.2, 0) is 9.59 Å². The summed E-state index contributed by atoms with van der Waals surface area (Å²) in [5.41, 5.74) is 17.8. The third-order valence-corrected chi connectivity index (χ3v) is 2.92. The molecule has 0 fully saturated rings. The lowest BCUT2D eigenvalue weighted by atomic mass is 10.1. The Labute approximate surface area is 136 Å². The number of para-hydroxylation sites is 1. The van der Waals surface area contributed by atoms with Crippen molar-refractivity contribution < 1.29 is 19.4 Å². The molecule has 0 aliphatic carbocycles. The number of benzene rings is 1. The molecule has 0 saturated carbocycles. The van der Waals surface area contributed by atoms with E-state index in [2.05, 4.69) is 0 Å². The van der Waals surface area contributed by atoms with Crippen molar-refractivity contribution >= 4 is 11.9 Å². The zero-order chi connectivity index (χ0) is 18.0. The highest BCUT2D eigenvalue weighted by Crippen LogP contribution is 2.22. The van der Waals surface area contributed by atoms with Crippen molar-refractivity contribution in [3.05, 3.63) is 29.3 Å².